The quantitative estimate of drug-likeness (QED) is 0.387. The van der Waals surface area contributed by atoms with Crippen molar-refractivity contribution in [2.45, 2.75) is 12.1 Å². The first-order valence-corrected chi connectivity index (χ1v) is 9.22. The number of nitrogens with zero attached hydrogens (tertiary/aromatic N) is 4. The zero-order valence-electron chi connectivity index (χ0n) is 15.0. The van der Waals surface area contributed by atoms with Gasteiger partial charge in [0.1, 0.15) is 11.6 Å². The van der Waals surface area contributed by atoms with E-state index in [2.05, 4.69) is 20.7 Å². The summed E-state index contributed by atoms with van der Waals surface area (Å²) in [6.07, 6.45) is 1.58. The molecule has 8 heteroatoms. The third-order valence-corrected chi connectivity index (χ3v) is 4.59. The predicted octanol–water partition coefficient (Wildman–Crippen LogP) is 2.83. The highest BCUT2D eigenvalue weighted by Crippen LogP contribution is 2.21. The lowest BCUT2D eigenvalue weighted by Gasteiger charge is -2.07. The molecule has 138 valence electrons. The lowest BCUT2D eigenvalue weighted by Crippen LogP contribution is -2.20. The van der Waals surface area contributed by atoms with E-state index in [0.29, 0.717) is 5.16 Å². The summed E-state index contributed by atoms with van der Waals surface area (Å²) in [5, 5.41) is 12.9. The lowest BCUT2D eigenvalue weighted by atomic mass is 10.2. The smallest absolute Gasteiger partial charge is 0.250 e. The minimum absolute atomic E-state index is 0.185. The summed E-state index contributed by atoms with van der Waals surface area (Å²) >= 11 is 1.31. The molecular weight excluding hydrogens is 362 g/mol. The summed E-state index contributed by atoms with van der Waals surface area (Å²) in [7, 11) is 1.61. The van der Waals surface area contributed by atoms with Gasteiger partial charge >= 0.3 is 0 Å². The van der Waals surface area contributed by atoms with Crippen molar-refractivity contribution in [2.75, 3.05) is 12.9 Å². The van der Waals surface area contributed by atoms with E-state index < -0.39 is 0 Å². The largest absolute Gasteiger partial charge is 0.497 e. The molecule has 0 aliphatic carbocycles. The van der Waals surface area contributed by atoms with E-state index in [0.717, 1.165) is 22.8 Å². The Morgan fingerprint density at radius 1 is 1.19 bits per heavy atom. The summed E-state index contributed by atoms with van der Waals surface area (Å²) in [5.41, 5.74) is 4.34. The van der Waals surface area contributed by atoms with Gasteiger partial charge in [-0.1, -0.05) is 30.0 Å². The van der Waals surface area contributed by atoms with Gasteiger partial charge in [-0.05, 0) is 48.9 Å². The van der Waals surface area contributed by atoms with Crippen LogP contribution in [0, 0.1) is 6.92 Å². The highest BCUT2D eigenvalue weighted by Gasteiger charge is 2.12. The summed E-state index contributed by atoms with van der Waals surface area (Å²) in [4.78, 5) is 12.0. The predicted molar refractivity (Wildman–Crippen MR) is 106 cm³/mol. The fourth-order valence-electron chi connectivity index (χ4n) is 2.34. The van der Waals surface area contributed by atoms with Crippen LogP contribution in [-0.4, -0.2) is 39.7 Å². The van der Waals surface area contributed by atoms with E-state index in [9.17, 15) is 4.79 Å². The van der Waals surface area contributed by atoms with Crippen LogP contribution in [0.4, 0.5) is 0 Å². The molecule has 7 nitrogen and oxygen atoms in total. The number of thioether (sulfide) groups is 1. The Kier molecular flexibility index (Phi) is 6.22. The molecule has 1 aromatic heterocycles. The van der Waals surface area contributed by atoms with Crippen LogP contribution >= 0.6 is 11.8 Å². The summed E-state index contributed by atoms with van der Waals surface area (Å²) < 4.78 is 7.01. The van der Waals surface area contributed by atoms with Gasteiger partial charge < -0.3 is 4.74 Å². The SMILES string of the molecule is COc1ccc(C=NNC(=O)CSc2nnc(C)n2-c2ccccc2)cc1. The Morgan fingerprint density at radius 3 is 2.63 bits per heavy atom. The van der Waals surface area contributed by atoms with Crippen molar-refractivity contribution in [3.63, 3.8) is 0 Å². The third kappa shape index (κ3) is 4.95. The normalized spacial score (nSPS) is 10.9. The van der Waals surface area contributed by atoms with Gasteiger partial charge in [-0.25, -0.2) is 5.43 Å². The topological polar surface area (TPSA) is 81.4 Å². The van der Waals surface area contributed by atoms with Gasteiger partial charge in [0, 0.05) is 5.69 Å². The standard InChI is InChI=1S/C19H19N5O2S/c1-14-21-23-19(24(14)16-6-4-3-5-7-16)27-13-18(25)22-20-12-15-8-10-17(26-2)11-9-15/h3-12H,13H2,1-2H3,(H,22,25). The second-order valence-corrected chi connectivity index (χ2v) is 6.50. The molecule has 0 unspecified atom stereocenters. The Bertz CT molecular complexity index is 923. The number of nitrogens with one attached hydrogen (secondary N) is 1. The number of hydrazone groups is 1. The highest BCUT2D eigenvalue weighted by molar-refractivity contribution is 7.99. The van der Waals surface area contributed by atoms with Crippen LogP contribution in [0.2, 0.25) is 0 Å². The molecule has 3 aromatic rings. The van der Waals surface area contributed by atoms with E-state index in [1.807, 2.05) is 66.1 Å². The molecule has 1 heterocycles. The third-order valence-electron chi connectivity index (χ3n) is 3.66. The monoisotopic (exact) mass is 381 g/mol. The molecule has 0 radical (unpaired) electrons. The number of carbonyl (C=O) groups excluding carboxylic acids is 1. The van der Waals surface area contributed by atoms with Crippen LogP contribution in [-0.2, 0) is 4.79 Å². The molecule has 0 spiro atoms. The van der Waals surface area contributed by atoms with Crippen LogP contribution in [0.1, 0.15) is 11.4 Å². The number of aryl methyl sites for hydroxylation is 1. The van der Waals surface area contributed by atoms with Gasteiger partial charge in [0.2, 0.25) is 0 Å². The Labute approximate surface area is 161 Å². The number of para-hydroxylation sites is 1. The van der Waals surface area contributed by atoms with Crippen molar-refractivity contribution in [3.05, 3.63) is 66.0 Å². The van der Waals surface area contributed by atoms with Gasteiger partial charge in [0.25, 0.3) is 5.91 Å². The van der Waals surface area contributed by atoms with Crippen LogP contribution in [0.3, 0.4) is 0 Å². The van der Waals surface area contributed by atoms with Crippen molar-refractivity contribution in [2.24, 2.45) is 5.10 Å². The number of rotatable bonds is 7. The molecule has 0 aliphatic heterocycles. The molecule has 0 saturated carbocycles. The van der Waals surface area contributed by atoms with Gasteiger partial charge in [0.05, 0.1) is 19.1 Å². The number of benzene rings is 2. The zero-order valence-corrected chi connectivity index (χ0v) is 15.8. The fourth-order valence-corrected chi connectivity index (χ4v) is 3.13. The molecule has 0 bridgehead atoms. The fraction of sp³-hybridized carbons (Fsp3) is 0.158. The van der Waals surface area contributed by atoms with E-state index >= 15 is 0 Å². The molecular formula is C19H19N5O2S. The maximum absolute atomic E-state index is 12.0. The number of hydrogen-bond acceptors (Lipinski definition) is 6. The van der Waals surface area contributed by atoms with Gasteiger partial charge in [-0.15, -0.1) is 10.2 Å². The van der Waals surface area contributed by atoms with Crippen molar-refractivity contribution in [1.29, 1.82) is 0 Å². The summed E-state index contributed by atoms with van der Waals surface area (Å²) in [5.74, 6) is 1.50. The van der Waals surface area contributed by atoms with E-state index in [-0.39, 0.29) is 11.7 Å². The number of aromatic nitrogens is 3. The number of hydrogen-bond donors (Lipinski definition) is 1. The maximum atomic E-state index is 12.0. The zero-order chi connectivity index (χ0) is 19.1. The number of amides is 1. The van der Waals surface area contributed by atoms with Crippen LogP contribution in [0.25, 0.3) is 5.69 Å². The highest BCUT2D eigenvalue weighted by atomic mass is 32.2. The van der Waals surface area contributed by atoms with Crippen LogP contribution in [0.5, 0.6) is 5.75 Å². The van der Waals surface area contributed by atoms with Crippen molar-refractivity contribution in [1.82, 2.24) is 20.2 Å². The molecule has 27 heavy (non-hydrogen) atoms. The molecule has 3 rings (SSSR count). The van der Waals surface area contributed by atoms with E-state index in [1.165, 1.54) is 11.8 Å². The second kappa shape index (κ2) is 9.00. The Hall–Kier alpha value is -3.13. The molecule has 0 saturated heterocycles. The maximum Gasteiger partial charge on any atom is 0.250 e. The average Bonchev–Trinajstić information content (AvgIpc) is 3.08. The molecule has 2 aromatic carbocycles. The van der Waals surface area contributed by atoms with Gasteiger partial charge in [-0.2, -0.15) is 5.10 Å². The van der Waals surface area contributed by atoms with E-state index in [4.69, 9.17) is 4.74 Å². The van der Waals surface area contributed by atoms with Crippen LogP contribution < -0.4 is 10.2 Å². The van der Waals surface area contributed by atoms with Gasteiger partial charge in [-0.3, -0.25) is 9.36 Å². The number of carbonyl (C=O) groups is 1. The summed E-state index contributed by atoms with van der Waals surface area (Å²) in [6.45, 7) is 1.88. The van der Waals surface area contributed by atoms with Crippen molar-refractivity contribution >= 4 is 23.9 Å². The first kappa shape index (κ1) is 18.7. The van der Waals surface area contributed by atoms with Crippen molar-refractivity contribution in [3.8, 4) is 11.4 Å². The molecule has 1 amide bonds. The second-order valence-electron chi connectivity index (χ2n) is 5.56. The molecule has 0 atom stereocenters. The lowest BCUT2D eigenvalue weighted by molar-refractivity contribution is -0.118. The Balaban J connectivity index is 1.56. The minimum Gasteiger partial charge on any atom is -0.497 e. The first-order chi connectivity index (χ1) is 13.2. The average molecular weight is 381 g/mol. The molecule has 0 aliphatic rings. The number of methoxy groups -OCH3 is 1. The Morgan fingerprint density at radius 2 is 1.93 bits per heavy atom. The molecule has 1 N–H and O–H groups in total. The van der Waals surface area contributed by atoms with Crippen LogP contribution in [0.15, 0.2) is 64.9 Å². The van der Waals surface area contributed by atoms with Gasteiger partial charge in [0.15, 0.2) is 5.16 Å². The van der Waals surface area contributed by atoms with Crippen molar-refractivity contribution < 1.29 is 9.53 Å². The first-order valence-electron chi connectivity index (χ1n) is 8.23. The minimum atomic E-state index is -0.218. The summed E-state index contributed by atoms with van der Waals surface area (Å²) in [6, 6.07) is 17.2. The number of ether oxygens (including phenoxy) is 1. The van der Waals surface area contributed by atoms with E-state index in [1.54, 1.807) is 13.3 Å². The molecule has 0 fully saturated rings.